The van der Waals surface area contributed by atoms with Gasteiger partial charge in [0.15, 0.2) is 17.3 Å². The Bertz CT molecular complexity index is 1230. The van der Waals surface area contributed by atoms with E-state index in [9.17, 15) is 9.59 Å². The van der Waals surface area contributed by atoms with Crippen LogP contribution in [0.3, 0.4) is 0 Å². The number of ketones is 1. The number of nitrogens with one attached hydrogen (secondary N) is 1. The summed E-state index contributed by atoms with van der Waals surface area (Å²) in [5.41, 5.74) is 4.50. The van der Waals surface area contributed by atoms with Gasteiger partial charge in [0.25, 0.3) is 0 Å². The Kier molecular flexibility index (Phi) is 7.60. The zero-order chi connectivity index (χ0) is 25.8. The van der Waals surface area contributed by atoms with E-state index in [1.54, 1.807) is 7.11 Å². The van der Waals surface area contributed by atoms with E-state index in [0.29, 0.717) is 48.0 Å². The molecule has 7 heteroatoms. The Morgan fingerprint density at radius 1 is 1.08 bits per heavy atom. The second kappa shape index (κ2) is 11.2. The summed E-state index contributed by atoms with van der Waals surface area (Å²) in [6.07, 6.45) is 3.78. The molecule has 0 saturated carbocycles. The summed E-state index contributed by atoms with van der Waals surface area (Å²) >= 11 is 0. The van der Waals surface area contributed by atoms with E-state index in [4.69, 9.17) is 18.9 Å². The lowest BCUT2D eigenvalue weighted by atomic mass is 9.75. The molecule has 5 rings (SSSR count). The molecular formula is C30H33NO6. The van der Waals surface area contributed by atoms with Gasteiger partial charge in [-0.15, -0.1) is 0 Å². The van der Waals surface area contributed by atoms with E-state index < -0.39 is 11.9 Å². The Hall–Kier alpha value is -3.58. The lowest BCUT2D eigenvalue weighted by Crippen LogP contribution is -2.35. The second-order valence-corrected chi connectivity index (χ2v) is 9.68. The van der Waals surface area contributed by atoms with Gasteiger partial charge in [0, 0.05) is 35.9 Å². The molecule has 194 valence electrons. The fourth-order valence-corrected chi connectivity index (χ4v) is 5.33. The normalized spacial score (nSPS) is 21.4. The molecule has 2 unspecified atom stereocenters. The first-order valence-electron chi connectivity index (χ1n) is 12.9. The minimum Gasteiger partial charge on any atom is -0.493 e. The highest BCUT2D eigenvalue weighted by Crippen LogP contribution is 2.44. The number of dihydropyridines is 1. The van der Waals surface area contributed by atoms with E-state index in [1.165, 1.54) is 0 Å². The van der Waals surface area contributed by atoms with Gasteiger partial charge < -0.3 is 24.3 Å². The van der Waals surface area contributed by atoms with Gasteiger partial charge in [0.2, 0.25) is 0 Å². The molecule has 2 aliphatic heterocycles. The van der Waals surface area contributed by atoms with Crippen LogP contribution >= 0.6 is 0 Å². The lowest BCUT2D eigenvalue weighted by Gasteiger charge is -2.34. The van der Waals surface area contributed by atoms with Gasteiger partial charge in [0.1, 0.15) is 13.2 Å². The number of carbonyl (C=O) groups excluding carboxylic acids is 2. The number of benzene rings is 2. The molecular weight excluding hydrogens is 470 g/mol. The molecule has 0 bridgehead atoms. The van der Waals surface area contributed by atoms with Crippen LogP contribution in [-0.2, 0) is 25.7 Å². The van der Waals surface area contributed by atoms with Crippen LogP contribution < -0.4 is 14.8 Å². The average molecular weight is 504 g/mol. The molecule has 1 aliphatic carbocycles. The molecule has 0 spiro atoms. The zero-order valence-corrected chi connectivity index (χ0v) is 21.4. The van der Waals surface area contributed by atoms with Crippen molar-refractivity contribution in [2.75, 3.05) is 20.3 Å². The van der Waals surface area contributed by atoms with Crippen molar-refractivity contribution >= 4 is 11.8 Å². The number of esters is 1. The number of hydrogen-bond donors (Lipinski definition) is 1. The van der Waals surface area contributed by atoms with E-state index in [-0.39, 0.29) is 18.5 Å². The van der Waals surface area contributed by atoms with E-state index >= 15 is 0 Å². The second-order valence-electron chi connectivity index (χ2n) is 9.68. The third kappa shape index (κ3) is 5.42. The predicted octanol–water partition coefficient (Wildman–Crippen LogP) is 4.96. The Labute approximate surface area is 217 Å². The summed E-state index contributed by atoms with van der Waals surface area (Å²) in [6, 6.07) is 15.5. The fraction of sp³-hybridized carbons (Fsp3) is 0.400. The van der Waals surface area contributed by atoms with Crippen LogP contribution in [0, 0.1) is 0 Å². The number of Topliss-reactive ketones (excluding diaryl/α,β-unsaturated/α-hetero) is 1. The lowest BCUT2D eigenvalue weighted by molar-refractivity contribution is -0.142. The number of hydrogen-bond acceptors (Lipinski definition) is 7. The number of methoxy groups -OCH3 is 1. The van der Waals surface area contributed by atoms with Gasteiger partial charge in [-0.3, -0.25) is 4.79 Å². The highest BCUT2D eigenvalue weighted by Gasteiger charge is 2.39. The summed E-state index contributed by atoms with van der Waals surface area (Å²) in [4.78, 5) is 26.7. The maximum Gasteiger partial charge on any atom is 0.336 e. The van der Waals surface area contributed by atoms with Crippen molar-refractivity contribution in [1.82, 2.24) is 5.32 Å². The molecule has 1 N–H and O–H groups in total. The fourth-order valence-electron chi connectivity index (χ4n) is 5.33. The van der Waals surface area contributed by atoms with Gasteiger partial charge in [-0.25, -0.2) is 4.79 Å². The maximum absolute atomic E-state index is 13.5. The quantitative estimate of drug-likeness (QED) is 0.510. The molecule has 0 aromatic heterocycles. The maximum atomic E-state index is 13.5. The summed E-state index contributed by atoms with van der Waals surface area (Å²) in [5, 5.41) is 3.34. The summed E-state index contributed by atoms with van der Waals surface area (Å²) < 4.78 is 23.1. The minimum absolute atomic E-state index is 0.0539. The van der Waals surface area contributed by atoms with Crippen molar-refractivity contribution in [3.05, 3.63) is 82.2 Å². The van der Waals surface area contributed by atoms with Gasteiger partial charge in [-0.2, -0.15) is 0 Å². The van der Waals surface area contributed by atoms with Crippen LogP contribution in [-0.4, -0.2) is 38.2 Å². The van der Waals surface area contributed by atoms with Crippen LogP contribution in [0.1, 0.15) is 56.1 Å². The smallest absolute Gasteiger partial charge is 0.336 e. The van der Waals surface area contributed by atoms with Gasteiger partial charge in [-0.1, -0.05) is 36.4 Å². The predicted molar refractivity (Wildman–Crippen MR) is 138 cm³/mol. The van der Waals surface area contributed by atoms with Gasteiger partial charge in [0.05, 0.1) is 18.8 Å². The molecule has 0 radical (unpaired) electrons. The summed E-state index contributed by atoms with van der Waals surface area (Å²) in [5.74, 6) is 0.209. The van der Waals surface area contributed by atoms with Crippen molar-refractivity contribution in [1.29, 1.82) is 0 Å². The Morgan fingerprint density at radius 2 is 1.92 bits per heavy atom. The molecule has 2 heterocycles. The van der Waals surface area contributed by atoms with Crippen molar-refractivity contribution in [2.45, 2.75) is 57.7 Å². The van der Waals surface area contributed by atoms with E-state index in [0.717, 1.165) is 42.5 Å². The largest absolute Gasteiger partial charge is 0.493 e. The SMILES string of the molecule is COc1ccc(C2C(C(=O)OCC3CCCO3)=C(C)NC3=C2C(=O)CCC3)cc1OCc1ccccc1. The number of ether oxygens (including phenoxy) is 4. The number of allylic oxidation sites excluding steroid dienone is 3. The standard InChI is InChI=1S/C30H33NO6/c1-19-27(30(33)37-18-22-10-7-15-35-22)28(29-23(31-19)11-6-12-24(29)32)21-13-14-25(34-2)26(16-21)36-17-20-8-4-3-5-9-20/h3-5,8-9,13-14,16,22,28,31H,6-7,10-12,15,17-18H2,1-2H3. The molecule has 37 heavy (non-hydrogen) atoms. The Morgan fingerprint density at radius 3 is 2.68 bits per heavy atom. The van der Waals surface area contributed by atoms with Crippen LogP contribution in [0.15, 0.2) is 71.1 Å². The van der Waals surface area contributed by atoms with Gasteiger partial charge >= 0.3 is 5.97 Å². The van der Waals surface area contributed by atoms with Gasteiger partial charge in [-0.05, 0) is 55.9 Å². The summed E-state index contributed by atoms with van der Waals surface area (Å²) in [6.45, 7) is 3.13. The Balaban J connectivity index is 1.49. The van der Waals surface area contributed by atoms with Crippen molar-refractivity contribution < 1.29 is 28.5 Å². The molecule has 1 saturated heterocycles. The van der Waals surface area contributed by atoms with E-state index in [1.807, 2.05) is 55.5 Å². The third-order valence-electron chi connectivity index (χ3n) is 7.18. The molecule has 3 aliphatic rings. The van der Waals surface area contributed by atoms with Crippen LogP contribution in [0.4, 0.5) is 0 Å². The monoisotopic (exact) mass is 503 g/mol. The van der Waals surface area contributed by atoms with Crippen LogP contribution in [0.2, 0.25) is 0 Å². The van der Waals surface area contributed by atoms with Crippen LogP contribution in [0.25, 0.3) is 0 Å². The molecule has 2 aromatic rings. The molecule has 1 fully saturated rings. The zero-order valence-electron chi connectivity index (χ0n) is 21.4. The highest BCUT2D eigenvalue weighted by molar-refractivity contribution is 6.03. The minimum atomic E-state index is -0.550. The molecule has 2 atom stereocenters. The highest BCUT2D eigenvalue weighted by atomic mass is 16.6. The van der Waals surface area contributed by atoms with Crippen molar-refractivity contribution in [2.24, 2.45) is 0 Å². The topological polar surface area (TPSA) is 83.1 Å². The first kappa shape index (κ1) is 25.1. The first-order valence-corrected chi connectivity index (χ1v) is 12.9. The molecule has 0 amide bonds. The van der Waals surface area contributed by atoms with E-state index in [2.05, 4.69) is 5.32 Å². The molecule has 7 nitrogen and oxygen atoms in total. The first-order chi connectivity index (χ1) is 18.0. The summed E-state index contributed by atoms with van der Waals surface area (Å²) in [7, 11) is 1.60. The average Bonchev–Trinajstić information content (AvgIpc) is 3.44. The van der Waals surface area contributed by atoms with Crippen molar-refractivity contribution in [3.8, 4) is 11.5 Å². The van der Waals surface area contributed by atoms with Crippen molar-refractivity contribution in [3.63, 3.8) is 0 Å². The van der Waals surface area contributed by atoms with Crippen LogP contribution in [0.5, 0.6) is 11.5 Å². The number of rotatable bonds is 8. The molecule has 2 aromatic carbocycles. The number of carbonyl (C=O) groups is 2. The third-order valence-corrected chi connectivity index (χ3v) is 7.18.